The van der Waals surface area contributed by atoms with Crippen molar-refractivity contribution in [3.05, 3.63) is 38.9 Å². The van der Waals surface area contributed by atoms with Crippen LogP contribution in [0.3, 0.4) is 0 Å². The highest BCUT2D eigenvalue weighted by molar-refractivity contribution is 6.31. The first kappa shape index (κ1) is 15.2. The number of halogens is 1. The highest BCUT2D eigenvalue weighted by atomic mass is 35.5. The van der Waals surface area contributed by atoms with Crippen LogP contribution in [0.2, 0.25) is 5.02 Å². The number of piperazine rings is 1. The zero-order valence-corrected chi connectivity index (χ0v) is 11.7. The second-order valence-electron chi connectivity index (χ2n) is 4.54. The first-order chi connectivity index (χ1) is 9.91. The summed E-state index contributed by atoms with van der Waals surface area (Å²) in [6.07, 6.45) is 0. The molecular formula is C12H13ClN4O4. The van der Waals surface area contributed by atoms with E-state index in [0.717, 1.165) is 6.07 Å². The van der Waals surface area contributed by atoms with Crippen LogP contribution in [0, 0.1) is 10.1 Å². The summed E-state index contributed by atoms with van der Waals surface area (Å²) in [6, 6.07) is 2.95. The molecule has 8 nitrogen and oxygen atoms in total. The molecule has 2 rings (SSSR count). The first-order valence-electron chi connectivity index (χ1n) is 6.16. The summed E-state index contributed by atoms with van der Waals surface area (Å²) in [5, 5.41) is 14.2. The van der Waals surface area contributed by atoms with Crippen LogP contribution in [-0.2, 0) is 4.79 Å². The Morgan fingerprint density at radius 3 is 2.81 bits per heavy atom. The molecule has 0 aromatic heterocycles. The number of nitrogens with two attached hydrogens (primary N) is 1. The second-order valence-corrected chi connectivity index (χ2v) is 4.98. The number of carbonyl (C=O) groups excluding carboxylic acids is 2. The van der Waals surface area contributed by atoms with Crippen LogP contribution in [-0.4, -0.2) is 47.3 Å². The number of hydrogen-bond donors (Lipinski definition) is 2. The van der Waals surface area contributed by atoms with Gasteiger partial charge in [0, 0.05) is 30.7 Å². The van der Waals surface area contributed by atoms with Crippen LogP contribution in [0.4, 0.5) is 5.69 Å². The predicted octanol–water partition coefficient (Wildman–Crippen LogP) is 0.147. The Bertz CT molecular complexity index is 607. The summed E-state index contributed by atoms with van der Waals surface area (Å²) < 4.78 is 0. The average Bonchev–Trinajstić information content (AvgIpc) is 2.46. The van der Waals surface area contributed by atoms with Crippen molar-refractivity contribution in [1.82, 2.24) is 10.2 Å². The molecule has 1 fully saturated rings. The Hall–Kier alpha value is -2.19. The third-order valence-corrected chi connectivity index (χ3v) is 3.45. The summed E-state index contributed by atoms with van der Waals surface area (Å²) in [5.74, 6) is -1.27. The summed E-state index contributed by atoms with van der Waals surface area (Å²) in [7, 11) is 0. The molecule has 1 saturated heterocycles. The van der Waals surface area contributed by atoms with Crippen LogP contribution in [0.5, 0.6) is 0 Å². The van der Waals surface area contributed by atoms with Gasteiger partial charge in [0.25, 0.3) is 11.6 Å². The van der Waals surface area contributed by atoms with E-state index in [0.29, 0.717) is 6.54 Å². The smallest absolute Gasteiger partial charge is 0.283 e. The minimum absolute atomic E-state index is 0.113. The van der Waals surface area contributed by atoms with Crippen LogP contribution in [0.15, 0.2) is 18.2 Å². The number of nitrogens with one attached hydrogen (secondary N) is 1. The minimum atomic E-state index is -0.832. The molecule has 1 unspecified atom stereocenters. The minimum Gasteiger partial charge on any atom is -0.368 e. The summed E-state index contributed by atoms with van der Waals surface area (Å²) >= 11 is 5.72. The van der Waals surface area contributed by atoms with E-state index >= 15 is 0 Å². The van der Waals surface area contributed by atoms with Crippen molar-refractivity contribution in [2.45, 2.75) is 6.04 Å². The molecule has 1 aromatic rings. The van der Waals surface area contributed by atoms with Crippen molar-refractivity contribution in [2.24, 2.45) is 5.73 Å². The van der Waals surface area contributed by atoms with E-state index in [1.54, 1.807) is 0 Å². The lowest BCUT2D eigenvalue weighted by Gasteiger charge is -2.34. The van der Waals surface area contributed by atoms with Gasteiger partial charge in [0.05, 0.1) is 4.92 Å². The number of nitro groups is 1. The van der Waals surface area contributed by atoms with E-state index in [2.05, 4.69) is 5.32 Å². The number of nitrogens with zero attached hydrogens (tertiary/aromatic N) is 2. The van der Waals surface area contributed by atoms with Crippen LogP contribution in [0.25, 0.3) is 0 Å². The summed E-state index contributed by atoms with van der Waals surface area (Å²) in [5.41, 5.74) is 4.76. The Morgan fingerprint density at radius 1 is 1.48 bits per heavy atom. The average molecular weight is 313 g/mol. The Labute approximate surface area is 125 Å². The number of primary amides is 1. The number of amides is 2. The normalized spacial score (nSPS) is 18.3. The molecule has 1 heterocycles. The third kappa shape index (κ3) is 3.11. The molecule has 1 atom stereocenters. The Kier molecular flexibility index (Phi) is 4.39. The van der Waals surface area contributed by atoms with Gasteiger partial charge in [0.2, 0.25) is 5.91 Å². The van der Waals surface area contributed by atoms with Crippen molar-refractivity contribution in [1.29, 1.82) is 0 Å². The van der Waals surface area contributed by atoms with Gasteiger partial charge in [-0.25, -0.2) is 0 Å². The van der Waals surface area contributed by atoms with Crippen molar-refractivity contribution >= 4 is 29.1 Å². The Balaban J connectivity index is 2.39. The van der Waals surface area contributed by atoms with Crippen LogP contribution in [0.1, 0.15) is 10.4 Å². The van der Waals surface area contributed by atoms with Crippen molar-refractivity contribution in [3.63, 3.8) is 0 Å². The SMILES string of the molecule is NC(=O)C1CNCCN1C(=O)c1ccc(Cl)cc1[N+](=O)[O-]. The van der Waals surface area contributed by atoms with E-state index in [1.165, 1.54) is 17.0 Å². The van der Waals surface area contributed by atoms with Gasteiger partial charge in [0.15, 0.2) is 0 Å². The van der Waals surface area contributed by atoms with Gasteiger partial charge in [-0.05, 0) is 12.1 Å². The van der Waals surface area contributed by atoms with E-state index in [4.69, 9.17) is 17.3 Å². The van der Waals surface area contributed by atoms with Crippen molar-refractivity contribution in [3.8, 4) is 0 Å². The molecule has 1 aliphatic rings. The number of benzene rings is 1. The van der Waals surface area contributed by atoms with Gasteiger partial charge >= 0.3 is 0 Å². The van der Waals surface area contributed by atoms with Crippen molar-refractivity contribution in [2.75, 3.05) is 19.6 Å². The second kappa shape index (κ2) is 6.06. The molecule has 1 aromatic carbocycles. The maximum Gasteiger partial charge on any atom is 0.283 e. The number of nitro benzene ring substituents is 1. The largest absolute Gasteiger partial charge is 0.368 e. The number of carbonyl (C=O) groups is 2. The van der Waals surface area contributed by atoms with E-state index in [1.807, 2.05) is 0 Å². The summed E-state index contributed by atoms with van der Waals surface area (Å²) in [4.78, 5) is 35.5. The highest BCUT2D eigenvalue weighted by Crippen LogP contribution is 2.25. The molecule has 0 saturated carbocycles. The van der Waals surface area contributed by atoms with Crippen LogP contribution < -0.4 is 11.1 Å². The fourth-order valence-electron chi connectivity index (χ4n) is 2.19. The first-order valence-corrected chi connectivity index (χ1v) is 6.54. The maximum atomic E-state index is 12.5. The fourth-order valence-corrected chi connectivity index (χ4v) is 2.36. The molecule has 2 amide bonds. The van der Waals surface area contributed by atoms with Crippen LogP contribution >= 0.6 is 11.6 Å². The molecule has 9 heteroatoms. The van der Waals surface area contributed by atoms with Gasteiger partial charge in [0.1, 0.15) is 11.6 Å². The highest BCUT2D eigenvalue weighted by Gasteiger charge is 2.34. The number of hydrogen-bond acceptors (Lipinski definition) is 5. The molecule has 0 radical (unpaired) electrons. The number of rotatable bonds is 3. The van der Waals surface area contributed by atoms with E-state index in [9.17, 15) is 19.7 Å². The lowest BCUT2D eigenvalue weighted by molar-refractivity contribution is -0.385. The Morgan fingerprint density at radius 2 is 2.19 bits per heavy atom. The van der Waals surface area contributed by atoms with E-state index < -0.39 is 28.5 Å². The van der Waals surface area contributed by atoms with Gasteiger partial charge in [-0.1, -0.05) is 11.6 Å². The lowest BCUT2D eigenvalue weighted by Crippen LogP contribution is -2.58. The molecule has 0 aliphatic carbocycles. The third-order valence-electron chi connectivity index (χ3n) is 3.22. The van der Waals surface area contributed by atoms with E-state index in [-0.39, 0.29) is 23.7 Å². The van der Waals surface area contributed by atoms with Gasteiger partial charge in [-0.3, -0.25) is 19.7 Å². The zero-order valence-electron chi connectivity index (χ0n) is 10.9. The van der Waals surface area contributed by atoms with Gasteiger partial charge < -0.3 is 16.0 Å². The molecule has 3 N–H and O–H groups in total. The molecular weight excluding hydrogens is 300 g/mol. The van der Waals surface area contributed by atoms with Gasteiger partial charge in [-0.15, -0.1) is 0 Å². The molecule has 0 bridgehead atoms. The van der Waals surface area contributed by atoms with Crippen molar-refractivity contribution < 1.29 is 14.5 Å². The molecule has 0 spiro atoms. The predicted molar refractivity (Wildman–Crippen MR) is 75.0 cm³/mol. The monoisotopic (exact) mass is 312 g/mol. The van der Waals surface area contributed by atoms with Gasteiger partial charge in [-0.2, -0.15) is 0 Å². The maximum absolute atomic E-state index is 12.5. The lowest BCUT2D eigenvalue weighted by atomic mass is 10.1. The molecule has 21 heavy (non-hydrogen) atoms. The topological polar surface area (TPSA) is 119 Å². The molecule has 1 aliphatic heterocycles. The molecule has 112 valence electrons. The quantitative estimate of drug-likeness (QED) is 0.608. The fraction of sp³-hybridized carbons (Fsp3) is 0.333. The summed E-state index contributed by atoms with van der Waals surface area (Å²) in [6.45, 7) is 0.950. The standard InChI is InChI=1S/C12H13ClN4O4/c13-7-1-2-8(9(5-7)17(20)21)12(19)16-4-3-15-6-10(16)11(14)18/h1-2,5,10,15H,3-4,6H2,(H2,14,18). The zero-order chi connectivity index (χ0) is 15.6.